The van der Waals surface area contributed by atoms with Crippen molar-refractivity contribution in [1.29, 1.82) is 5.26 Å². The summed E-state index contributed by atoms with van der Waals surface area (Å²) in [6.45, 7) is 0.358. The molecule has 1 amide bonds. The summed E-state index contributed by atoms with van der Waals surface area (Å²) in [6.07, 6.45) is 0.282. The van der Waals surface area contributed by atoms with Crippen LogP contribution in [0.25, 0.3) is 0 Å². The molecular weight excluding hydrogens is 247 g/mol. The summed E-state index contributed by atoms with van der Waals surface area (Å²) in [5.41, 5.74) is 0.284. The Kier molecular flexibility index (Phi) is 4.60. The van der Waals surface area contributed by atoms with Gasteiger partial charge in [0.05, 0.1) is 28.1 Å². The zero-order chi connectivity index (χ0) is 12.1. The van der Waals surface area contributed by atoms with Crippen LogP contribution in [0.1, 0.15) is 16.8 Å². The fourth-order valence-electron chi connectivity index (χ4n) is 1.21. The first kappa shape index (κ1) is 12.8. The molecule has 0 N–H and O–H groups in total. The number of benzene rings is 1. The van der Waals surface area contributed by atoms with Gasteiger partial charge >= 0.3 is 0 Å². The van der Waals surface area contributed by atoms with Crippen molar-refractivity contribution in [2.45, 2.75) is 6.42 Å². The molecule has 84 valence electrons. The smallest absolute Gasteiger partial charge is 0.256 e. The largest absolute Gasteiger partial charge is 0.341 e. The molecule has 5 heteroatoms. The fourth-order valence-corrected chi connectivity index (χ4v) is 1.77. The van der Waals surface area contributed by atoms with Crippen molar-refractivity contribution in [1.82, 2.24) is 4.90 Å². The maximum atomic E-state index is 11.9. The van der Waals surface area contributed by atoms with E-state index in [1.165, 1.54) is 4.90 Å². The van der Waals surface area contributed by atoms with Gasteiger partial charge in [0.15, 0.2) is 0 Å². The first-order valence-electron chi connectivity index (χ1n) is 4.64. The number of hydrogen-bond donors (Lipinski definition) is 0. The van der Waals surface area contributed by atoms with Crippen molar-refractivity contribution in [2.75, 3.05) is 13.6 Å². The van der Waals surface area contributed by atoms with Gasteiger partial charge in [0, 0.05) is 13.6 Å². The van der Waals surface area contributed by atoms with E-state index in [1.807, 2.05) is 6.07 Å². The van der Waals surface area contributed by atoms with Crippen LogP contribution in [-0.2, 0) is 0 Å². The maximum Gasteiger partial charge on any atom is 0.256 e. The summed E-state index contributed by atoms with van der Waals surface area (Å²) in [5, 5.41) is 9.08. The average Bonchev–Trinajstić information content (AvgIpc) is 2.25. The number of hydrogen-bond acceptors (Lipinski definition) is 2. The van der Waals surface area contributed by atoms with Gasteiger partial charge in [0.25, 0.3) is 5.91 Å². The quantitative estimate of drug-likeness (QED) is 0.835. The van der Waals surface area contributed by atoms with Gasteiger partial charge < -0.3 is 4.90 Å². The molecule has 0 aliphatic carbocycles. The highest BCUT2D eigenvalue weighted by atomic mass is 35.5. The van der Waals surface area contributed by atoms with Crippen LogP contribution in [-0.4, -0.2) is 24.4 Å². The van der Waals surface area contributed by atoms with Crippen molar-refractivity contribution in [3.63, 3.8) is 0 Å². The molecule has 0 atom stereocenters. The Labute approximate surface area is 104 Å². The molecule has 0 saturated heterocycles. The standard InChI is InChI=1S/C11H10Cl2N2O/c1-15(7-3-6-14)11(16)10-8(12)4-2-5-9(10)13/h2,4-5H,3,7H2,1H3. The van der Waals surface area contributed by atoms with Gasteiger partial charge in [-0.25, -0.2) is 0 Å². The van der Waals surface area contributed by atoms with E-state index in [0.29, 0.717) is 16.6 Å². The SMILES string of the molecule is CN(CCC#N)C(=O)c1c(Cl)cccc1Cl. The summed E-state index contributed by atoms with van der Waals surface area (Å²) in [6, 6.07) is 6.87. The first-order valence-corrected chi connectivity index (χ1v) is 5.40. The van der Waals surface area contributed by atoms with Crippen LogP contribution in [0.4, 0.5) is 0 Å². The third-order valence-corrected chi connectivity index (χ3v) is 2.71. The van der Waals surface area contributed by atoms with Gasteiger partial charge in [0.2, 0.25) is 0 Å². The molecule has 0 unspecified atom stereocenters. The number of carbonyl (C=O) groups excluding carboxylic acids is 1. The summed E-state index contributed by atoms with van der Waals surface area (Å²) >= 11 is 11.8. The second kappa shape index (κ2) is 5.74. The lowest BCUT2D eigenvalue weighted by Crippen LogP contribution is -2.28. The number of rotatable bonds is 3. The molecule has 0 aromatic heterocycles. The highest BCUT2D eigenvalue weighted by molar-refractivity contribution is 6.39. The third-order valence-electron chi connectivity index (χ3n) is 2.08. The summed E-state index contributed by atoms with van der Waals surface area (Å²) < 4.78 is 0. The molecular formula is C11H10Cl2N2O. The molecule has 1 rings (SSSR count). The lowest BCUT2D eigenvalue weighted by atomic mass is 10.2. The van der Waals surface area contributed by atoms with Crippen molar-refractivity contribution < 1.29 is 4.79 Å². The highest BCUT2D eigenvalue weighted by Gasteiger charge is 2.17. The predicted octanol–water partition coefficient (Wildman–Crippen LogP) is 2.98. The topological polar surface area (TPSA) is 44.1 Å². The highest BCUT2D eigenvalue weighted by Crippen LogP contribution is 2.25. The molecule has 0 fully saturated rings. The number of nitriles is 1. The minimum absolute atomic E-state index is 0.272. The normalized spacial score (nSPS) is 9.62. The van der Waals surface area contributed by atoms with Crippen molar-refractivity contribution in [3.05, 3.63) is 33.8 Å². The summed E-state index contributed by atoms with van der Waals surface area (Å²) in [4.78, 5) is 13.4. The van der Waals surface area contributed by atoms with Crippen molar-refractivity contribution >= 4 is 29.1 Å². The third kappa shape index (κ3) is 2.88. The van der Waals surface area contributed by atoms with Gasteiger partial charge in [-0.05, 0) is 12.1 Å². The summed E-state index contributed by atoms with van der Waals surface area (Å²) in [7, 11) is 1.61. The van der Waals surface area contributed by atoms with Gasteiger partial charge in [-0.15, -0.1) is 0 Å². The number of carbonyl (C=O) groups is 1. The second-order valence-corrected chi connectivity index (χ2v) is 4.05. The van der Waals surface area contributed by atoms with Crippen LogP contribution < -0.4 is 0 Å². The van der Waals surface area contributed by atoms with E-state index in [-0.39, 0.29) is 17.9 Å². The van der Waals surface area contributed by atoms with Crippen LogP contribution in [0.2, 0.25) is 10.0 Å². The van der Waals surface area contributed by atoms with E-state index in [4.69, 9.17) is 28.5 Å². The molecule has 0 saturated carbocycles. The fraction of sp³-hybridized carbons (Fsp3) is 0.273. The molecule has 3 nitrogen and oxygen atoms in total. The molecule has 0 heterocycles. The van der Waals surface area contributed by atoms with Crippen LogP contribution in [0.3, 0.4) is 0 Å². The second-order valence-electron chi connectivity index (χ2n) is 3.23. The Morgan fingerprint density at radius 1 is 1.44 bits per heavy atom. The molecule has 16 heavy (non-hydrogen) atoms. The number of amides is 1. The van der Waals surface area contributed by atoms with Crippen molar-refractivity contribution in [2.24, 2.45) is 0 Å². The van der Waals surface area contributed by atoms with Gasteiger partial charge in [0.1, 0.15) is 0 Å². The van der Waals surface area contributed by atoms with Gasteiger partial charge in [-0.3, -0.25) is 4.79 Å². The van der Waals surface area contributed by atoms with Crippen LogP contribution in [0.5, 0.6) is 0 Å². The molecule has 0 radical (unpaired) electrons. The Balaban J connectivity index is 2.93. The minimum Gasteiger partial charge on any atom is -0.341 e. The predicted molar refractivity (Wildman–Crippen MR) is 63.7 cm³/mol. The zero-order valence-corrected chi connectivity index (χ0v) is 10.2. The molecule has 1 aromatic rings. The van der Waals surface area contributed by atoms with E-state index in [2.05, 4.69) is 0 Å². The molecule has 0 aliphatic rings. The van der Waals surface area contributed by atoms with Gasteiger partial charge in [-0.1, -0.05) is 29.3 Å². The number of halogens is 2. The molecule has 0 spiro atoms. The summed E-state index contributed by atoms with van der Waals surface area (Å²) in [5.74, 6) is -0.272. The molecule has 0 aliphatic heterocycles. The average molecular weight is 257 g/mol. The van der Waals surface area contributed by atoms with E-state index in [0.717, 1.165) is 0 Å². The monoisotopic (exact) mass is 256 g/mol. The molecule has 0 bridgehead atoms. The molecule has 1 aromatic carbocycles. The van der Waals surface area contributed by atoms with Crippen molar-refractivity contribution in [3.8, 4) is 6.07 Å². The van der Waals surface area contributed by atoms with E-state index in [9.17, 15) is 4.79 Å². The van der Waals surface area contributed by atoms with Crippen LogP contribution in [0, 0.1) is 11.3 Å². The Morgan fingerprint density at radius 2 is 2.00 bits per heavy atom. The Bertz CT molecular complexity index is 420. The Morgan fingerprint density at radius 3 is 2.50 bits per heavy atom. The van der Waals surface area contributed by atoms with Crippen LogP contribution >= 0.6 is 23.2 Å². The Hall–Kier alpha value is -1.24. The van der Waals surface area contributed by atoms with E-state index < -0.39 is 0 Å². The lowest BCUT2D eigenvalue weighted by molar-refractivity contribution is 0.0798. The van der Waals surface area contributed by atoms with Gasteiger partial charge in [-0.2, -0.15) is 5.26 Å². The zero-order valence-electron chi connectivity index (χ0n) is 8.70. The first-order chi connectivity index (χ1) is 7.57. The van der Waals surface area contributed by atoms with E-state index >= 15 is 0 Å². The van der Waals surface area contributed by atoms with Crippen LogP contribution in [0.15, 0.2) is 18.2 Å². The maximum absolute atomic E-state index is 11.9. The van der Waals surface area contributed by atoms with E-state index in [1.54, 1.807) is 25.2 Å². The number of nitrogens with zero attached hydrogens (tertiary/aromatic N) is 2. The lowest BCUT2D eigenvalue weighted by Gasteiger charge is -2.16. The minimum atomic E-state index is -0.272.